The molecule has 2 aliphatic carbocycles. The first-order chi connectivity index (χ1) is 8.13. The van der Waals surface area contributed by atoms with E-state index in [0.717, 1.165) is 18.4 Å². The summed E-state index contributed by atoms with van der Waals surface area (Å²) in [6.45, 7) is 5.35. The summed E-state index contributed by atoms with van der Waals surface area (Å²) in [6.07, 6.45) is 5.44. The van der Waals surface area contributed by atoms with E-state index in [1.54, 1.807) is 5.56 Å². The van der Waals surface area contributed by atoms with E-state index in [1.165, 1.54) is 36.8 Å². The van der Waals surface area contributed by atoms with Gasteiger partial charge in [-0.25, -0.2) is 0 Å². The molecule has 0 heterocycles. The summed E-state index contributed by atoms with van der Waals surface area (Å²) in [5, 5.41) is 0. The number of benzene rings is 1. The van der Waals surface area contributed by atoms with Crippen molar-refractivity contribution >= 4 is 0 Å². The molecule has 1 nitrogen and oxygen atoms in total. The predicted molar refractivity (Wildman–Crippen MR) is 71.9 cm³/mol. The zero-order valence-corrected chi connectivity index (χ0v) is 11.0. The molecule has 1 aromatic carbocycles. The predicted octanol–water partition coefficient (Wildman–Crippen LogP) is 3.22. The number of hydrogen-bond donors (Lipinski definition) is 1. The molecule has 2 atom stereocenters. The maximum Gasteiger partial charge on any atom is -0.00171 e. The molecule has 2 N–H and O–H groups in total. The summed E-state index contributed by atoms with van der Waals surface area (Å²) in [6, 6.07) is 6.64. The Bertz CT molecular complexity index is 405. The molecule has 2 unspecified atom stereocenters. The van der Waals surface area contributed by atoms with E-state index >= 15 is 0 Å². The Hall–Kier alpha value is -0.820. The van der Waals surface area contributed by atoms with E-state index in [2.05, 4.69) is 32.0 Å². The van der Waals surface area contributed by atoms with Crippen LogP contribution in [0.4, 0.5) is 0 Å². The van der Waals surface area contributed by atoms with Crippen molar-refractivity contribution < 1.29 is 0 Å². The zero-order valence-electron chi connectivity index (χ0n) is 11.0. The van der Waals surface area contributed by atoms with E-state index in [4.69, 9.17) is 5.73 Å². The molecule has 1 aromatic rings. The van der Waals surface area contributed by atoms with Crippen molar-refractivity contribution in [2.24, 2.45) is 23.0 Å². The lowest BCUT2D eigenvalue weighted by molar-refractivity contribution is 0.272. The second-order valence-corrected chi connectivity index (χ2v) is 6.42. The van der Waals surface area contributed by atoms with E-state index in [-0.39, 0.29) is 0 Å². The number of aryl methyl sites for hydroxylation is 2. The average Bonchev–Trinajstić information content (AvgIpc) is 2.93. The summed E-state index contributed by atoms with van der Waals surface area (Å²) in [5.41, 5.74) is 11.0. The smallest absolute Gasteiger partial charge is 0.00171 e. The molecule has 0 amide bonds. The standard InChI is InChI=1S/C16H23N/c1-11-4-3-5-12(2)15(11)9-16(10-17)7-13-6-14(13)8-16/h3-5,13-14H,6-10,17H2,1-2H3. The van der Waals surface area contributed by atoms with Crippen LogP contribution in [0.2, 0.25) is 0 Å². The SMILES string of the molecule is Cc1cccc(C)c1CC1(CN)CC2CC2C1. The summed E-state index contributed by atoms with van der Waals surface area (Å²) < 4.78 is 0. The lowest BCUT2D eigenvalue weighted by Gasteiger charge is -2.31. The van der Waals surface area contributed by atoms with Crippen LogP contribution in [0, 0.1) is 31.1 Å². The molecule has 2 fully saturated rings. The van der Waals surface area contributed by atoms with E-state index in [9.17, 15) is 0 Å². The van der Waals surface area contributed by atoms with Crippen LogP contribution in [0.3, 0.4) is 0 Å². The Balaban J connectivity index is 1.86. The third-order valence-corrected chi connectivity index (χ3v) is 5.09. The van der Waals surface area contributed by atoms with Crippen LogP contribution in [0.1, 0.15) is 36.0 Å². The van der Waals surface area contributed by atoms with Crippen molar-refractivity contribution in [2.75, 3.05) is 6.54 Å². The van der Waals surface area contributed by atoms with E-state index in [0.29, 0.717) is 5.41 Å². The molecular formula is C16H23N. The lowest BCUT2D eigenvalue weighted by Crippen LogP contribution is -2.32. The van der Waals surface area contributed by atoms with Gasteiger partial charge >= 0.3 is 0 Å². The minimum Gasteiger partial charge on any atom is -0.330 e. The van der Waals surface area contributed by atoms with Crippen molar-refractivity contribution in [3.8, 4) is 0 Å². The van der Waals surface area contributed by atoms with Gasteiger partial charge in [0.05, 0.1) is 0 Å². The molecule has 2 saturated carbocycles. The highest BCUT2D eigenvalue weighted by Crippen LogP contribution is 2.60. The fourth-order valence-electron chi connectivity index (χ4n) is 3.89. The second kappa shape index (κ2) is 3.84. The fraction of sp³-hybridized carbons (Fsp3) is 0.625. The molecule has 0 aromatic heterocycles. The molecule has 0 aliphatic heterocycles. The van der Waals surface area contributed by atoms with Crippen molar-refractivity contribution in [1.29, 1.82) is 0 Å². The Labute approximate surface area is 104 Å². The number of fused-ring (bicyclic) bond motifs is 1. The van der Waals surface area contributed by atoms with Gasteiger partial charge in [-0.2, -0.15) is 0 Å². The minimum atomic E-state index is 0.421. The van der Waals surface area contributed by atoms with Gasteiger partial charge in [-0.3, -0.25) is 0 Å². The summed E-state index contributed by atoms with van der Waals surface area (Å²) >= 11 is 0. The molecule has 0 spiro atoms. The van der Waals surface area contributed by atoms with Crippen LogP contribution in [-0.4, -0.2) is 6.54 Å². The van der Waals surface area contributed by atoms with Gasteiger partial charge in [0.15, 0.2) is 0 Å². The largest absolute Gasteiger partial charge is 0.330 e. The molecular weight excluding hydrogens is 206 g/mol. The first kappa shape index (κ1) is 11.3. The van der Waals surface area contributed by atoms with Crippen LogP contribution < -0.4 is 5.73 Å². The van der Waals surface area contributed by atoms with Crippen LogP contribution in [-0.2, 0) is 6.42 Å². The first-order valence-electron chi connectivity index (χ1n) is 6.89. The minimum absolute atomic E-state index is 0.421. The molecule has 1 heteroatoms. The van der Waals surface area contributed by atoms with Gasteiger partial charge in [-0.15, -0.1) is 0 Å². The molecule has 0 radical (unpaired) electrons. The Morgan fingerprint density at radius 1 is 1.18 bits per heavy atom. The molecule has 0 saturated heterocycles. The summed E-state index contributed by atoms with van der Waals surface area (Å²) in [4.78, 5) is 0. The quantitative estimate of drug-likeness (QED) is 0.846. The first-order valence-corrected chi connectivity index (χ1v) is 6.89. The van der Waals surface area contributed by atoms with Gasteiger partial charge in [-0.05, 0) is 80.0 Å². The molecule has 2 aliphatic rings. The second-order valence-electron chi connectivity index (χ2n) is 6.42. The molecule has 17 heavy (non-hydrogen) atoms. The fourth-order valence-corrected chi connectivity index (χ4v) is 3.89. The van der Waals surface area contributed by atoms with Crippen LogP contribution in [0.5, 0.6) is 0 Å². The van der Waals surface area contributed by atoms with Gasteiger partial charge in [0.2, 0.25) is 0 Å². The van der Waals surface area contributed by atoms with Gasteiger partial charge in [0.25, 0.3) is 0 Å². The molecule has 0 bridgehead atoms. The van der Waals surface area contributed by atoms with Crippen molar-refractivity contribution in [3.63, 3.8) is 0 Å². The van der Waals surface area contributed by atoms with Crippen LogP contribution >= 0.6 is 0 Å². The number of rotatable bonds is 3. The third-order valence-electron chi connectivity index (χ3n) is 5.09. The normalized spacial score (nSPS) is 34.8. The Kier molecular flexibility index (Phi) is 2.55. The van der Waals surface area contributed by atoms with Crippen LogP contribution in [0.25, 0.3) is 0 Å². The van der Waals surface area contributed by atoms with Gasteiger partial charge in [-0.1, -0.05) is 18.2 Å². The molecule has 3 rings (SSSR count). The van der Waals surface area contributed by atoms with Crippen LogP contribution in [0.15, 0.2) is 18.2 Å². The number of hydrogen-bond acceptors (Lipinski definition) is 1. The average molecular weight is 229 g/mol. The van der Waals surface area contributed by atoms with E-state index in [1.807, 2.05) is 0 Å². The Morgan fingerprint density at radius 3 is 2.29 bits per heavy atom. The highest BCUT2D eigenvalue weighted by molar-refractivity contribution is 5.35. The third kappa shape index (κ3) is 1.91. The van der Waals surface area contributed by atoms with Crippen molar-refractivity contribution in [1.82, 2.24) is 0 Å². The van der Waals surface area contributed by atoms with Crippen molar-refractivity contribution in [3.05, 3.63) is 34.9 Å². The number of nitrogens with two attached hydrogens (primary N) is 1. The maximum absolute atomic E-state index is 6.10. The maximum atomic E-state index is 6.10. The lowest BCUT2D eigenvalue weighted by atomic mass is 9.76. The van der Waals surface area contributed by atoms with Gasteiger partial charge < -0.3 is 5.73 Å². The van der Waals surface area contributed by atoms with E-state index < -0.39 is 0 Å². The van der Waals surface area contributed by atoms with Gasteiger partial charge in [0.1, 0.15) is 0 Å². The highest BCUT2D eigenvalue weighted by atomic mass is 14.7. The monoisotopic (exact) mass is 229 g/mol. The highest BCUT2D eigenvalue weighted by Gasteiger charge is 2.52. The molecule has 92 valence electrons. The van der Waals surface area contributed by atoms with Crippen molar-refractivity contribution in [2.45, 2.75) is 39.5 Å². The topological polar surface area (TPSA) is 26.0 Å². The zero-order chi connectivity index (χ0) is 12.0. The summed E-state index contributed by atoms with van der Waals surface area (Å²) in [7, 11) is 0. The Morgan fingerprint density at radius 2 is 1.76 bits per heavy atom. The van der Waals surface area contributed by atoms with Gasteiger partial charge in [0, 0.05) is 0 Å². The summed E-state index contributed by atoms with van der Waals surface area (Å²) in [5.74, 6) is 2.03.